The van der Waals surface area contributed by atoms with Crippen LogP contribution in [0, 0.1) is 5.89 Å². The molecule has 2 fully saturated rings. The first-order valence-electron chi connectivity index (χ1n) is 36.4. The van der Waals surface area contributed by atoms with E-state index in [1.807, 2.05) is 5.43 Å². The summed E-state index contributed by atoms with van der Waals surface area (Å²) >= 11 is 0. The van der Waals surface area contributed by atoms with E-state index < -0.39 is 201 Å². The number of aromatic amines is 2. The molecule has 0 bridgehead atoms. The number of carbonyl (C=O) groups is 14. The lowest BCUT2D eigenvalue weighted by molar-refractivity contribution is -0.193. The van der Waals surface area contributed by atoms with Gasteiger partial charge in [0.05, 0.1) is 25.1 Å². The molecule has 0 aliphatic carbocycles. The van der Waals surface area contributed by atoms with Crippen molar-refractivity contribution in [3.63, 3.8) is 0 Å². The van der Waals surface area contributed by atoms with Gasteiger partial charge >= 0.3 is 42.5 Å². The number of amides is 12. The normalized spacial score (nSPS) is 17.1. The molecule has 0 saturated carbocycles. The maximum absolute atomic E-state index is 14.9. The molecule has 2 aromatic heterocycles. The summed E-state index contributed by atoms with van der Waals surface area (Å²) in [6.45, 7) is -4.90. The van der Waals surface area contributed by atoms with Crippen LogP contribution in [0.4, 0.5) is 44.3 Å². The fourth-order valence-electron chi connectivity index (χ4n) is 9.94. The summed E-state index contributed by atoms with van der Waals surface area (Å²) in [7, 11) is 0. The third-order valence-electron chi connectivity index (χ3n) is 15.3. The molecule has 6 rings (SSSR count). The van der Waals surface area contributed by atoms with Crippen LogP contribution in [-0.2, 0) is 86.3 Å². The van der Waals surface area contributed by atoms with Gasteiger partial charge in [0.15, 0.2) is 5.96 Å². The molecule has 0 spiro atoms. The molecule has 9 atom stereocenters. The average molecular weight is 1620 g/mol. The number of aliphatic carboxylic acids is 3. The lowest BCUT2D eigenvalue weighted by atomic mass is 10.0. The summed E-state index contributed by atoms with van der Waals surface area (Å²) in [6, 6.07) is -3.85. The van der Waals surface area contributed by atoms with E-state index in [2.05, 4.69) is 67.9 Å². The second kappa shape index (κ2) is 43.4. The minimum absolute atomic E-state index is 0.0520. The number of phenolic OH excluding ortho intramolecular Hbond substituents is 1. The largest absolute Gasteiger partial charge is 0.508 e. The molecular formula is C65H87F9N18O20. The van der Waals surface area contributed by atoms with Crippen molar-refractivity contribution in [3.8, 4) is 5.75 Å². The molecule has 12 amide bonds. The minimum Gasteiger partial charge on any atom is -0.508 e. The molecular weight excluding hydrogens is 1520 g/mol. The number of likely N-dealkylation sites (tertiary alicyclic amines) is 1. The SMILES string of the molecule is O=C(O)C(F)(F)F.O=C(O)C(F)(F)F.O=C(O)C(F)(F)F.[2H]C([2H])([2H])C([2H])(C[C@H](NC(=O)[C@@H](COC(C)(C)C)NC(=O)[C@H](Cc1ccc(O)cc1)NC(=O)[C@H](CO)NC(=O)[C@H](Cc1c[nH]c2ccccc12)NC(=O)[C@H](Cc1cnc[nH]1)NC(=O)[C@@H]1CCC(=O)N1)C(=O)N[C@@H](CCCN=C(N)N)C(=O)N1CCC[C@H]1C(=O)NNC(N)=O)C([2H])([2H])[2H]. The van der Waals surface area contributed by atoms with Crippen molar-refractivity contribution in [1.82, 2.24) is 73.2 Å². The number of aromatic nitrogens is 3. The summed E-state index contributed by atoms with van der Waals surface area (Å²) in [5.41, 5.74) is 20.8. The molecule has 38 nitrogen and oxygen atoms in total. The first-order valence-corrected chi connectivity index (χ1v) is 32.9. The van der Waals surface area contributed by atoms with Crippen molar-refractivity contribution in [2.45, 2.75) is 177 Å². The van der Waals surface area contributed by atoms with E-state index in [0.717, 1.165) is 4.90 Å². The van der Waals surface area contributed by atoms with Gasteiger partial charge in [0.1, 0.15) is 60.1 Å². The van der Waals surface area contributed by atoms with Crippen LogP contribution in [0.25, 0.3) is 10.9 Å². The van der Waals surface area contributed by atoms with Crippen molar-refractivity contribution in [3.05, 3.63) is 84.1 Å². The number of primary amides is 1. The van der Waals surface area contributed by atoms with E-state index in [0.29, 0.717) is 22.2 Å². The number of halogens is 9. The molecule has 2 aliphatic rings. The van der Waals surface area contributed by atoms with Crippen LogP contribution in [0.3, 0.4) is 0 Å². The molecule has 112 heavy (non-hydrogen) atoms. The van der Waals surface area contributed by atoms with Crippen LogP contribution in [0.15, 0.2) is 72.2 Å². The molecule has 2 aliphatic heterocycles. The van der Waals surface area contributed by atoms with E-state index in [4.69, 9.17) is 61.2 Å². The number of guanidine groups is 1. The Kier molecular flexibility index (Phi) is 31.9. The zero-order valence-corrected chi connectivity index (χ0v) is 59.3. The van der Waals surface area contributed by atoms with Crippen LogP contribution in [0.2, 0.25) is 0 Å². The standard InChI is InChI=1S/C59H84N18O14.3C2HF3O2/c1-31(2)22-40(49(82)68-39(12-8-20-64-57(60)61)56(89)77-21-9-13-46(77)55(88)75-76-58(62)90)69-54(87)45(29-91-59(3,4)5)74-50(83)41(23-32-14-16-35(79)17-15-32)70-53(86)44(28-78)73-51(84)42(24-33-26-65-37-11-7-6-10-36(33)37)71-52(85)43(25-34-27-63-30-66-34)72-48(81)38-18-19-47(80)67-38;3*3-2(4,5)1(6)7/h6-7,10-11,14-17,26-27,30-31,38-46,65,78-79H,8-9,12-13,18-25,28-29H2,1-5H3,(H,63,66)(H,67,80)(H,68,82)(H,69,87)(H,70,86)(H,71,85)(H,72,81)(H,73,84)(H,74,83)(H,75,88)(H4,60,61,64)(H3,62,76,90);3*(H,6,7)/t38-,39-,40-,41-,42-,43-,44-,45+,46-;;;/m0.../s1/i1D3,2D3,31D;;;. The van der Waals surface area contributed by atoms with Gasteiger partial charge in [-0.1, -0.05) is 44.0 Å². The Balaban J connectivity index is 0.00000153. The Morgan fingerprint density at radius 1 is 0.661 bits per heavy atom. The van der Waals surface area contributed by atoms with Crippen molar-refractivity contribution in [2.24, 2.45) is 28.1 Å². The number of nitrogens with one attached hydrogen (secondary N) is 12. The number of aliphatic imine (C=N–C) groups is 1. The predicted octanol–water partition coefficient (Wildman–Crippen LogP) is -1.21. The van der Waals surface area contributed by atoms with Crippen LogP contribution in [-0.4, -0.2) is 239 Å². The number of ether oxygens (including phenoxy) is 1. The number of aromatic hydroxyl groups is 1. The van der Waals surface area contributed by atoms with Crippen LogP contribution in [0.1, 0.15) is 106 Å². The number of hydrogen-bond donors (Lipinski definition) is 20. The van der Waals surface area contributed by atoms with Gasteiger partial charge in [-0.15, -0.1) is 0 Å². The van der Waals surface area contributed by atoms with E-state index in [9.17, 15) is 102 Å². The number of phenols is 1. The van der Waals surface area contributed by atoms with E-state index in [1.54, 1.807) is 51.2 Å². The van der Waals surface area contributed by atoms with Crippen LogP contribution in [0.5, 0.6) is 5.75 Å². The van der Waals surface area contributed by atoms with E-state index in [1.165, 1.54) is 36.8 Å². The van der Waals surface area contributed by atoms with Crippen LogP contribution >= 0.6 is 0 Å². The third kappa shape index (κ3) is 33.4. The lowest BCUT2D eigenvalue weighted by Crippen LogP contribution is -2.62. The number of aliphatic hydroxyl groups excluding tert-OH is 1. The molecule has 620 valence electrons. The second-order valence-electron chi connectivity index (χ2n) is 25.1. The maximum atomic E-state index is 14.9. The number of carboxylic acid groups (broad SMARTS) is 3. The number of nitrogens with zero attached hydrogens (tertiary/aromatic N) is 3. The number of H-pyrrole nitrogens is 2. The first-order chi connectivity index (χ1) is 54.8. The number of hydrogen-bond acceptors (Lipinski definition) is 19. The second-order valence-corrected chi connectivity index (χ2v) is 25.1. The molecule has 2 aromatic carbocycles. The zero-order valence-electron chi connectivity index (χ0n) is 66.3. The number of hydrazine groups is 1. The molecule has 23 N–H and O–H groups in total. The number of aliphatic hydroxyl groups is 1. The predicted molar refractivity (Wildman–Crippen MR) is 370 cm³/mol. The third-order valence-corrected chi connectivity index (χ3v) is 15.3. The number of benzene rings is 2. The van der Waals surface area contributed by atoms with Gasteiger partial charge in [0.25, 0.3) is 5.91 Å². The Bertz CT molecular complexity index is 4160. The summed E-state index contributed by atoms with van der Waals surface area (Å²) < 4.78 is 159. The fraction of sp³-hybridized carbons (Fsp3) is 0.508. The number of carboxylic acids is 3. The fourth-order valence-corrected chi connectivity index (χ4v) is 9.94. The number of alkyl halides is 9. The highest BCUT2D eigenvalue weighted by Gasteiger charge is 2.43. The Hall–Kier alpha value is -12.1. The number of urea groups is 1. The number of carbonyl (C=O) groups excluding carboxylic acids is 11. The summed E-state index contributed by atoms with van der Waals surface area (Å²) in [6.07, 6.45) is -13.2. The van der Waals surface area contributed by atoms with E-state index >= 15 is 0 Å². The molecule has 4 aromatic rings. The number of para-hydroxylation sites is 1. The summed E-state index contributed by atoms with van der Waals surface area (Å²) in [5, 5.41) is 62.9. The molecule has 47 heteroatoms. The van der Waals surface area contributed by atoms with Gasteiger partial charge in [0.2, 0.25) is 53.2 Å². The highest BCUT2D eigenvalue weighted by Crippen LogP contribution is 2.23. The number of rotatable bonds is 31. The quantitative estimate of drug-likeness (QED) is 0.00924. The van der Waals surface area contributed by atoms with E-state index in [-0.39, 0.29) is 87.6 Å². The Morgan fingerprint density at radius 3 is 1.68 bits per heavy atom. The van der Waals surface area contributed by atoms with Gasteiger partial charge in [-0.3, -0.25) is 58.4 Å². The van der Waals surface area contributed by atoms with Crippen molar-refractivity contribution in [2.75, 3.05) is 26.3 Å². The van der Waals surface area contributed by atoms with Gasteiger partial charge in [-0.2, -0.15) is 39.5 Å². The monoisotopic (exact) mass is 1620 g/mol. The maximum Gasteiger partial charge on any atom is 0.490 e. The average Bonchev–Trinajstić information content (AvgIpc) is 1.58. The summed E-state index contributed by atoms with van der Waals surface area (Å²) in [4.78, 5) is 194. The Labute approximate surface area is 639 Å². The molecule has 0 unspecified atom stereocenters. The number of imidazole rings is 1. The smallest absolute Gasteiger partial charge is 0.490 e. The molecule has 0 radical (unpaired) electrons. The van der Waals surface area contributed by atoms with Crippen molar-refractivity contribution < 1.29 is 147 Å². The van der Waals surface area contributed by atoms with Crippen LogP contribution < -0.4 is 70.6 Å². The number of fused-ring (bicyclic) bond motifs is 1. The van der Waals surface area contributed by atoms with Crippen molar-refractivity contribution in [1.29, 1.82) is 0 Å². The first kappa shape index (κ1) is 82.4. The topological polar surface area (TPSA) is 608 Å². The van der Waals surface area contributed by atoms with Gasteiger partial charge in [-0.25, -0.2) is 29.6 Å². The Morgan fingerprint density at radius 2 is 1.17 bits per heavy atom. The van der Waals surface area contributed by atoms with Crippen molar-refractivity contribution >= 4 is 99.9 Å². The van der Waals surface area contributed by atoms with Gasteiger partial charge < -0.3 is 105 Å². The zero-order chi connectivity index (χ0) is 90.7. The minimum atomic E-state index is -5.08. The lowest BCUT2D eigenvalue weighted by Gasteiger charge is -2.31. The highest BCUT2D eigenvalue weighted by molar-refractivity contribution is 6.00. The molecule has 2 saturated heterocycles. The van der Waals surface area contributed by atoms with Gasteiger partial charge in [-0.05, 0) is 94.5 Å². The summed E-state index contributed by atoms with van der Waals surface area (Å²) in [5.74, 6) is -22.4. The van der Waals surface area contributed by atoms with Gasteiger partial charge in [0, 0.05) is 77.4 Å². The molecule has 4 heterocycles. The number of nitrogens with two attached hydrogens (primary N) is 3. The highest BCUT2D eigenvalue weighted by atomic mass is 19.4.